The van der Waals surface area contributed by atoms with Crippen LogP contribution in [-0.2, 0) is 0 Å². The first-order chi connectivity index (χ1) is 9.27. The number of aliphatic hydroxyl groups excluding tert-OH is 2. The molecule has 0 saturated carbocycles. The van der Waals surface area contributed by atoms with E-state index in [1.165, 1.54) is 11.3 Å². The minimum Gasteiger partial charge on any atom is -0.395 e. The molecule has 1 aromatic heterocycles. The molecule has 1 aromatic rings. The second-order valence-corrected chi connectivity index (χ2v) is 5.33. The fourth-order valence-corrected chi connectivity index (χ4v) is 3.01. The van der Waals surface area contributed by atoms with Gasteiger partial charge in [-0.25, -0.2) is 0 Å². The van der Waals surface area contributed by atoms with E-state index in [9.17, 15) is 9.90 Å². The van der Waals surface area contributed by atoms with Crippen molar-refractivity contribution >= 4 is 17.2 Å². The average Bonchev–Trinajstić information content (AvgIpc) is 3.06. The van der Waals surface area contributed by atoms with E-state index in [0.717, 1.165) is 12.8 Å². The van der Waals surface area contributed by atoms with Crippen molar-refractivity contribution in [3.63, 3.8) is 0 Å². The molecule has 1 saturated heterocycles. The van der Waals surface area contributed by atoms with Gasteiger partial charge < -0.3 is 15.1 Å². The number of thiophene rings is 1. The molecule has 0 aliphatic carbocycles. The first-order valence-electron chi connectivity index (χ1n) is 6.37. The summed E-state index contributed by atoms with van der Waals surface area (Å²) in [7, 11) is 0. The molecule has 1 fully saturated rings. The van der Waals surface area contributed by atoms with Crippen molar-refractivity contribution in [2.24, 2.45) is 0 Å². The van der Waals surface area contributed by atoms with Crippen molar-refractivity contribution in [2.75, 3.05) is 19.8 Å². The molecule has 102 valence electrons. The van der Waals surface area contributed by atoms with Gasteiger partial charge in [-0.1, -0.05) is 11.8 Å². The van der Waals surface area contributed by atoms with Gasteiger partial charge in [0.25, 0.3) is 5.91 Å². The molecule has 1 aliphatic heterocycles. The van der Waals surface area contributed by atoms with Gasteiger partial charge in [-0.3, -0.25) is 4.79 Å². The van der Waals surface area contributed by atoms with E-state index in [4.69, 9.17) is 5.11 Å². The molecule has 1 atom stereocenters. The van der Waals surface area contributed by atoms with Crippen LogP contribution in [0.5, 0.6) is 0 Å². The Morgan fingerprint density at radius 3 is 3.11 bits per heavy atom. The van der Waals surface area contributed by atoms with Crippen LogP contribution < -0.4 is 0 Å². The number of amides is 1. The normalized spacial score (nSPS) is 18.2. The molecule has 1 aliphatic rings. The van der Waals surface area contributed by atoms with Gasteiger partial charge in [-0.2, -0.15) is 0 Å². The van der Waals surface area contributed by atoms with Gasteiger partial charge in [-0.05, 0) is 24.3 Å². The van der Waals surface area contributed by atoms with Crippen LogP contribution in [0.3, 0.4) is 0 Å². The predicted molar refractivity (Wildman–Crippen MR) is 74.0 cm³/mol. The van der Waals surface area contributed by atoms with Crippen molar-refractivity contribution in [3.05, 3.63) is 21.9 Å². The van der Waals surface area contributed by atoms with Crippen molar-refractivity contribution in [1.29, 1.82) is 0 Å². The van der Waals surface area contributed by atoms with Gasteiger partial charge in [-0.15, -0.1) is 11.3 Å². The molecule has 1 unspecified atom stereocenters. The summed E-state index contributed by atoms with van der Waals surface area (Å²) in [6.07, 6.45) is 2.21. The Morgan fingerprint density at radius 2 is 2.37 bits per heavy atom. The maximum Gasteiger partial charge on any atom is 0.265 e. The zero-order chi connectivity index (χ0) is 13.7. The first-order valence-corrected chi connectivity index (χ1v) is 7.25. The molecule has 0 aromatic carbocycles. The fraction of sp³-hybridized carbons (Fsp3) is 0.500. The van der Waals surface area contributed by atoms with E-state index < -0.39 is 0 Å². The zero-order valence-corrected chi connectivity index (χ0v) is 11.4. The standard InChI is InChI=1S/C14H17NO3S/c16-8-2-1-4-11-6-9-19-13(11)14(18)15-7-3-5-12(15)10-17/h6,9,12,16-17H,2-3,5,7-8,10H2. The molecule has 0 radical (unpaired) electrons. The fourth-order valence-electron chi connectivity index (χ4n) is 2.21. The van der Waals surface area contributed by atoms with Gasteiger partial charge in [0.15, 0.2) is 0 Å². The highest BCUT2D eigenvalue weighted by molar-refractivity contribution is 7.12. The average molecular weight is 279 g/mol. The van der Waals surface area contributed by atoms with Crippen molar-refractivity contribution < 1.29 is 15.0 Å². The Balaban J connectivity index is 2.16. The van der Waals surface area contributed by atoms with Crippen LogP contribution in [0.15, 0.2) is 11.4 Å². The highest BCUT2D eigenvalue weighted by Gasteiger charge is 2.30. The Hall–Kier alpha value is -1.35. The molecule has 2 N–H and O–H groups in total. The molecule has 4 nitrogen and oxygen atoms in total. The van der Waals surface area contributed by atoms with Gasteiger partial charge >= 0.3 is 0 Å². The third-order valence-electron chi connectivity index (χ3n) is 3.17. The van der Waals surface area contributed by atoms with E-state index in [1.54, 1.807) is 4.90 Å². The van der Waals surface area contributed by atoms with Crippen LogP contribution >= 0.6 is 11.3 Å². The Kier molecular flexibility index (Phi) is 4.97. The molecule has 0 spiro atoms. The first kappa shape index (κ1) is 14.1. The minimum absolute atomic E-state index is 0.0165. The molecular weight excluding hydrogens is 262 g/mol. The summed E-state index contributed by atoms with van der Waals surface area (Å²) in [4.78, 5) is 14.8. The van der Waals surface area contributed by atoms with E-state index in [2.05, 4.69) is 11.8 Å². The Morgan fingerprint density at radius 1 is 1.53 bits per heavy atom. The second kappa shape index (κ2) is 6.71. The Bertz CT molecular complexity index is 500. The summed E-state index contributed by atoms with van der Waals surface area (Å²) in [5.41, 5.74) is 0.715. The number of rotatable bonds is 3. The maximum absolute atomic E-state index is 12.4. The van der Waals surface area contributed by atoms with Crippen molar-refractivity contribution in [1.82, 2.24) is 4.90 Å². The summed E-state index contributed by atoms with van der Waals surface area (Å²) in [6, 6.07) is 1.76. The van der Waals surface area contributed by atoms with E-state index in [0.29, 0.717) is 23.4 Å². The number of likely N-dealkylation sites (tertiary alicyclic amines) is 1. The SMILES string of the molecule is O=C(c1sccc1C#CCCO)N1CCCC1CO. The van der Waals surface area contributed by atoms with Crippen molar-refractivity contribution in [3.8, 4) is 11.8 Å². The van der Waals surface area contributed by atoms with Crippen LogP contribution in [0.1, 0.15) is 34.5 Å². The molecule has 0 bridgehead atoms. The van der Waals surface area contributed by atoms with Crippen LogP contribution in [0.25, 0.3) is 0 Å². The van der Waals surface area contributed by atoms with Gasteiger partial charge in [0.05, 0.1) is 19.3 Å². The van der Waals surface area contributed by atoms with Gasteiger partial charge in [0, 0.05) is 18.5 Å². The van der Waals surface area contributed by atoms with E-state index >= 15 is 0 Å². The third-order valence-corrected chi connectivity index (χ3v) is 4.07. The maximum atomic E-state index is 12.4. The zero-order valence-electron chi connectivity index (χ0n) is 10.6. The monoisotopic (exact) mass is 279 g/mol. The lowest BCUT2D eigenvalue weighted by molar-refractivity contribution is 0.0682. The highest BCUT2D eigenvalue weighted by atomic mass is 32.1. The number of carbonyl (C=O) groups is 1. The van der Waals surface area contributed by atoms with Crippen LogP contribution in [0, 0.1) is 11.8 Å². The minimum atomic E-state index is -0.0622. The lowest BCUT2D eigenvalue weighted by Gasteiger charge is -2.22. The van der Waals surface area contributed by atoms with Crippen LogP contribution in [0.4, 0.5) is 0 Å². The summed E-state index contributed by atoms with van der Waals surface area (Å²) < 4.78 is 0. The topological polar surface area (TPSA) is 60.8 Å². The van der Waals surface area contributed by atoms with Crippen LogP contribution in [0.2, 0.25) is 0 Å². The lowest BCUT2D eigenvalue weighted by Crippen LogP contribution is -2.37. The molecule has 2 heterocycles. The third kappa shape index (κ3) is 3.16. The molecule has 19 heavy (non-hydrogen) atoms. The molecule has 2 rings (SSSR count). The number of hydrogen-bond donors (Lipinski definition) is 2. The van der Waals surface area contributed by atoms with Gasteiger partial charge in [0.2, 0.25) is 0 Å². The number of nitrogens with zero attached hydrogens (tertiary/aromatic N) is 1. The van der Waals surface area contributed by atoms with Crippen molar-refractivity contribution in [2.45, 2.75) is 25.3 Å². The quantitative estimate of drug-likeness (QED) is 0.814. The van der Waals surface area contributed by atoms with Gasteiger partial charge in [0.1, 0.15) is 4.88 Å². The van der Waals surface area contributed by atoms with E-state index in [-0.39, 0.29) is 25.2 Å². The molecule has 5 heteroatoms. The lowest BCUT2D eigenvalue weighted by atomic mass is 10.2. The highest BCUT2D eigenvalue weighted by Crippen LogP contribution is 2.24. The summed E-state index contributed by atoms with van der Waals surface area (Å²) in [5, 5.41) is 19.8. The largest absolute Gasteiger partial charge is 0.395 e. The molecule has 1 amide bonds. The predicted octanol–water partition coefficient (Wildman–Crippen LogP) is 1.08. The summed E-state index contributed by atoms with van der Waals surface area (Å²) in [5.74, 6) is 5.72. The second-order valence-electron chi connectivity index (χ2n) is 4.42. The summed E-state index contributed by atoms with van der Waals surface area (Å²) in [6.45, 7) is 0.743. The number of aliphatic hydroxyl groups is 2. The Labute approximate surface area is 116 Å². The van der Waals surface area contributed by atoms with E-state index in [1.807, 2.05) is 11.4 Å². The smallest absolute Gasteiger partial charge is 0.265 e. The summed E-state index contributed by atoms with van der Waals surface area (Å²) >= 11 is 1.38. The number of carbonyl (C=O) groups excluding carboxylic acids is 1. The number of hydrogen-bond acceptors (Lipinski definition) is 4. The van der Waals surface area contributed by atoms with Crippen LogP contribution in [-0.4, -0.2) is 46.8 Å². The molecular formula is C14H17NO3S.